The summed E-state index contributed by atoms with van der Waals surface area (Å²) >= 11 is 0. The summed E-state index contributed by atoms with van der Waals surface area (Å²) in [6.45, 7) is 2.01. The topological polar surface area (TPSA) is 64.4 Å². The van der Waals surface area contributed by atoms with E-state index in [-0.39, 0.29) is 5.91 Å². The molecule has 134 valence electrons. The van der Waals surface area contributed by atoms with Crippen molar-refractivity contribution in [2.75, 3.05) is 12.4 Å². The minimum atomic E-state index is -0.228. The molecule has 0 bridgehead atoms. The maximum absolute atomic E-state index is 12.7. The standard InChI is InChI=1S/C22H18N2O3/c1-14-10-11-20-19(12-14)24-22(27-20)17-8-3-4-9-18(17)23-21(25)15-6-5-7-16(13-15)26-2/h3-13H,1-2H3,(H,23,25). The first-order chi connectivity index (χ1) is 13.1. The van der Waals surface area contributed by atoms with Gasteiger partial charge in [0.15, 0.2) is 5.58 Å². The molecule has 1 heterocycles. The number of oxazole rings is 1. The number of fused-ring (bicyclic) bond motifs is 1. The number of aromatic nitrogens is 1. The zero-order chi connectivity index (χ0) is 18.8. The van der Waals surface area contributed by atoms with Crippen LogP contribution in [0.4, 0.5) is 5.69 Å². The molecule has 0 saturated carbocycles. The van der Waals surface area contributed by atoms with Crippen LogP contribution in [0.3, 0.4) is 0 Å². The molecule has 0 aliphatic carbocycles. The molecule has 1 amide bonds. The number of nitrogens with zero attached hydrogens (tertiary/aromatic N) is 1. The highest BCUT2D eigenvalue weighted by Gasteiger charge is 2.15. The summed E-state index contributed by atoms with van der Waals surface area (Å²) in [7, 11) is 1.57. The highest BCUT2D eigenvalue weighted by Crippen LogP contribution is 2.30. The van der Waals surface area contributed by atoms with Crippen LogP contribution in [0.15, 0.2) is 71.1 Å². The van der Waals surface area contributed by atoms with E-state index in [0.29, 0.717) is 28.5 Å². The number of hydrogen-bond acceptors (Lipinski definition) is 4. The number of carbonyl (C=O) groups excluding carboxylic acids is 1. The van der Waals surface area contributed by atoms with Crippen molar-refractivity contribution in [1.82, 2.24) is 4.98 Å². The van der Waals surface area contributed by atoms with Gasteiger partial charge in [0.2, 0.25) is 5.89 Å². The van der Waals surface area contributed by atoms with Crippen LogP contribution < -0.4 is 10.1 Å². The van der Waals surface area contributed by atoms with Gasteiger partial charge >= 0.3 is 0 Å². The lowest BCUT2D eigenvalue weighted by molar-refractivity contribution is 0.102. The van der Waals surface area contributed by atoms with Crippen molar-refractivity contribution in [1.29, 1.82) is 0 Å². The summed E-state index contributed by atoms with van der Waals surface area (Å²) in [5, 5.41) is 2.94. The second-order valence-electron chi connectivity index (χ2n) is 6.22. The monoisotopic (exact) mass is 358 g/mol. The van der Waals surface area contributed by atoms with Crippen molar-refractivity contribution >= 4 is 22.7 Å². The molecule has 4 rings (SSSR count). The zero-order valence-electron chi connectivity index (χ0n) is 15.0. The summed E-state index contributed by atoms with van der Waals surface area (Å²) in [4.78, 5) is 17.2. The van der Waals surface area contributed by atoms with Crippen molar-refractivity contribution in [2.24, 2.45) is 0 Å². The Labute approximate surface area is 156 Å². The lowest BCUT2D eigenvalue weighted by Gasteiger charge is -2.09. The Bertz CT molecular complexity index is 1130. The Morgan fingerprint density at radius 3 is 2.74 bits per heavy atom. The Hall–Kier alpha value is -3.60. The Balaban J connectivity index is 1.69. The molecular weight excluding hydrogens is 340 g/mol. The molecule has 0 fully saturated rings. The van der Waals surface area contributed by atoms with E-state index in [0.717, 1.165) is 16.6 Å². The van der Waals surface area contributed by atoms with Gasteiger partial charge in [0.1, 0.15) is 11.3 Å². The second-order valence-corrected chi connectivity index (χ2v) is 6.22. The highest BCUT2D eigenvalue weighted by atomic mass is 16.5. The molecule has 0 aliphatic rings. The van der Waals surface area contributed by atoms with Crippen LogP contribution in [0.2, 0.25) is 0 Å². The predicted molar refractivity (Wildman–Crippen MR) is 105 cm³/mol. The van der Waals surface area contributed by atoms with Crippen molar-refractivity contribution in [2.45, 2.75) is 6.92 Å². The third-order valence-corrected chi connectivity index (χ3v) is 4.28. The van der Waals surface area contributed by atoms with E-state index in [1.165, 1.54) is 0 Å². The van der Waals surface area contributed by atoms with Gasteiger partial charge in [0.05, 0.1) is 18.4 Å². The molecule has 0 spiro atoms. The summed E-state index contributed by atoms with van der Waals surface area (Å²) in [6, 6.07) is 20.3. The Morgan fingerprint density at radius 2 is 1.89 bits per heavy atom. The average molecular weight is 358 g/mol. The molecule has 0 aliphatic heterocycles. The molecule has 5 nitrogen and oxygen atoms in total. The van der Waals surface area contributed by atoms with E-state index in [1.807, 2.05) is 49.4 Å². The van der Waals surface area contributed by atoms with Gasteiger partial charge in [-0.05, 0) is 55.0 Å². The number of anilines is 1. The number of aryl methyl sites for hydroxylation is 1. The van der Waals surface area contributed by atoms with E-state index in [4.69, 9.17) is 9.15 Å². The molecule has 0 saturated heterocycles. The number of nitrogens with one attached hydrogen (secondary N) is 1. The van der Waals surface area contributed by atoms with E-state index in [1.54, 1.807) is 31.4 Å². The number of para-hydroxylation sites is 1. The lowest BCUT2D eigenvalue weighted by atomic mass is 10.1. The first-order valence-electron chi connectivity index (χ1n) is 8.56. The van der Waals surface area contributed by atoms with Crippen molar-refractivity contribution < 1.29 is 13.9 Å². The van der Waals surface area contributed by atoms with Crippen molar-refractivity contribution in [3.63, 3.8) is 0 Å². The molecule has 3 aromatic carbocycles. The number of benzene rings is 3. The normalized spacial score (nSPS) is 10.7. The number of methoxy groups -OCH3 is 1. The van der Waals surface area contributed by atoms with Crippen LogP contribution in [0.1, 0.15) is 15.9 Å². The molecule has 1 N–H and O–H groups in total. The fraction of sp³-hybridized carbons (Fsp3) is 0.0909. The van der Waals surface area contributed by atoms with E-state index < -0.39 is 0 Å². The first kappa shape index (κ1) is 16.8. The van der Waals surface area contributed by atoms with Crippen LogP contribution in [-0.4, -0.2) is 18.0 Å². The highest BCUT2D eigenvalue weighted by molar-refractivity contribution is 6.06. The number of rotatable bonds is 4. The molecule has 1 aromatic heterocycles. The maximum Gasteiger partial charge on any atom is 0.255 e. The molecule has 0 atom stereocenters. The largest absolute Gasteiger partial charge is 0.497 e. The van der Waals surface area contributed by atoms with Crippen LogP contribution in [0.25, 0.3) is 22.6 Å². The molecular formula is C22H18N2O3. The maximum atomic E-state index is 12.7. The minimum absolute atomic E-state index is 0.228. The first-order valence-corrected chi connectivity index (χ1v) is 8.56. The average Bonchev–Trinajstić information content (AvgIpc) is 3.11. The van der Waals surface area contributed by atoms with Crippen LogP contribution in [-0.2, 0) is 0 Å². The molecule has 0 radical (unpaired) electrons. The van der Waals surface area contributed by atoms with Gasteiger partial charge in [-0.2, -0.15) is 0 Å². The van der Waals surface area contributed by atoms with Crippen LogP contribution in [0.5, 0.6) is 5.75 Å². The summed E-state index contributed by atoms with van der Waals surface area (Å²) in [6.07, 6.45) is 0. The van der Waals surface area contributed by atoms with E-state index in [2.05, 4.69) is 10.3 Å². The fourth-order valence-electron chi connectivity index (χ4n) is 2.89. The Kier molecular flexibility index (Phi) is 4.34. The van der Waals surface area contributed by atoms with Gasteiger partial charge in [-0.1, -0.05) is 24.3 Å². The number of carbonyl (C=O) groups is 1. The fourth-order valence-corrected chi connectivity index (χ4v) is 2.89. The molecule has 4 aromatic rings. The third kappa shape index (κ3) is 3.40. The zero-order valence-corrected chi connectivity index (χ0v) is 15.0. The van der Waals surface area contributed by atoms with Gasteiger partial charge in [0.25, 0.3) is 5.91 Å². The second kappa shape index (κ2) is 6.96. The van der Waals surface area contributed by atoms with Crippen molar-refractivity contribution in [3.05, 3.63) is 77.9 Å². The summed E-state index contributed by atoms with van der Waals surface area (Å²) in [5.41, 5.74) is 4.49. The third-order valence-electron chi connectivity index (χ3n) is 4.28. The summed E-state index contributed by atoms with van der Waals surface area (Å²) in [5.74, 6) is 0.871. The van der Waals surface area contributed by atoms with Gasteiger partial charge in [-0.25, -0.2) is 4.98 Å². The smallest absolute Gasteiger partial charge is 0.255 e. The SMILES string of the molecule is COc1cccc(C(=O)Nc2ccccc2-c2nc3cc(C)ccc3o2)c1. The van der Waals surface area contributed by atoms with E-state index in [9.17, 15) is 4.79 Å². The number of hydrogen-bond donors (Lipinski definition) is 1. The van der Waals surface area contributed by atoms with E-state index >= 15 is 0 Å². The quantitative estimate of drug-likeness (QED) is 0.553. The number of amides is 1. The van der Waals surface area contributed by atoms with Gasteiger partial charge < -0.3 is 14.5 Å². The molecule has 0 unspecified atom stereocenters. The minimum Gasteiger partial charge on any atom is -0.497 e. The van der Waals surface area contributed by atoms with Crippen molar-refractivity contribution in [3.8, 4) is 17.2 Å². The van der Waals surface area contributed by atoms with Crippen LogP contribution >= 0.6 is 0 Å². The molecule has 27 heavy (non-hydrogen) atoms. The molecule has 5 heteroatoms. The summed E-state index contributed by atoms with van der Waals surface area (Å²) < 4.78 is 11.1. The Morgan fingerprint density at radius 1 is 1.04 bits per heavy atom. The van der Waals surface area contributed by atoms with Gasteiger partial charge in [0, 0.05) is 5.56 Å². The predicted octanol–water partition coefficient (Wildman–Crippen LogP) is 5.06. The number of ether oxygens (including phenoxy) is 1. The van der Waals surface area contributed by atoms with Crippen LogP contribution in [0, 0.1) is 6.92 Å². The van der Waals surface area contributed by atoms with Gasteiger partial charge in [-0.3, -0.25) is 4.79 Å². The van der Waals surface area contributed by atoms with Gasteiger partial charge in [-0.15, -0.1) is 0 Å². The lowest BCUT2D eigenvalue weighted by Crippen LogP contribution is -2.12.